The SMILES string of the molecule is O=C(NCc1cc(F)cc(F)c1)[C@@]1(O)CCN(c2ccc3c(ccn3S(=O)(=O)c3ccccc3)c2)C1=O. The Bertz CT molecular complexity index is 1620. The summed E-state index contributed by atoms with van der Waals surface area (Å²) in [7, 11) is -3.83. The van der Waals surface area contributed by atoms with Crippen molar-refractivity contribution in [3.8, 4) is 0 Å². The van der Waals surface area contributed by atoms with Crippen LogP contribution in [0.5, 0.6) is 0 Å². The number of nitrogens with zero attached hydrogens (tertiary/aromatic N) is 2. The van der Waals surface area contributed by atoms with Crippen LogP contribution in [0.25, 0.3) is 10.9 Å². The van der Waals surface area contributed by atoms with Crippen molar-refractivity contribution in [1.29, 1.82) is 0 Å². The van der Waals surface area contributed by atoms with Crippen LogP contribution >= 0.6 is 0 Å². The molecule has 1 atom stereocenters. The lowest BCUT2D eigenvalue weighted by Gasteiger charge is -2.22. The van der Waals surface area contributed by atoms with E-state index in [0.717, 1.165) is 16.1 Å². The minimum atomic E-state index is -3.83. The maximum Gasteiger partial charge on any atom is 0.268 e. The first kappa shape index (κ1) is 24.6. The molecule has 0 radical (unpaired) electrons. The summed E-state index contributed by atoms with van der Waals surface area (Å²) in [5.74, 6) is -3.46. The van der Waals surface area contributed by atoms with Gasteiger partial charge in [-0.1, -0.05) is 18.2 Å². The maximum absolute atomic E-state index is 13.4. The summed E-state index contributed by atoms with van der Waals surface area (Å²) in [6, 6.07) is 17.0. The molecular weight excluding hydrogens is 504 g/mol. The van der Waals surface area contributed by atoms with Crippen molar-refractivity contribution in [2.24, 2.45) is 0 Å². The fourth-order valence-electron chi connectivity index (χ4n) is 4.39. The van der Waals surface area contributed by atoms with Crippen LogP contribution in [0.3, 0.4) is 0 Å². The highest BCUT2D eigenvalue weighted by atomic mass is 32.2. The molecule has 1 aromatic heterocycles. The molecular formula is C26H21F2N3O5S. The highest BCUT2D eigenvalue weighted by molar-refractivity contribution is 7.90. The molecule has 0 unspecified atom stereocenters. The molecule has 3 aromatic carbocycles. The maximum atomic E-state index is 13.4. The number of halogens is 2. The number of carbonyl (C=O) groups is 2. The first-order valence-corrected chi connectivity index (χ1v) is 12.7. The number of rotatable bonds is 6. The zero-order valence-electron chi connectivity index (χ0n) is 19.3. The van der Waals surface area contributed by atoms with Gasteiger partial charge < -0.3 is 15.3 Å². The van der Waals surface area contributed by atoms with Crippen LogP contribution in [0.2, 0.25) is 0 Å². The summed E-state index contributed by atoms with van der Waals surface area (Å²) in [4.78, 5) is 27.1. The van der Waals surface area contributed by atoms with Gasteiger partial charge in [-0.2, -0.15) is 0 Å². The van der Waals surface area contributed by atoms with E-state index < -0.39 is 39.1 Å². The quantitative estimate of drug-likeness (QED) is 0.377. The Morgan fingerprint density at radius 1 is 1.00 bits per heavy atom. The van der Waals surface area contributed by atoms with Gasteiger partial charge in [-0.05, 0) is 54.1 Å². The van der Waals surface area contributed by atoms with Crippen LogP contribution in [0.1, 0.15) is 12.0 Å². The van der Waals surface area contributed by atoms with Gasteiger partial charge in [0.1, 0.15) is 11.6 Å². The molecule has 8 nitrogen and oxygen atoms in total. The molecule has 0 saturated carbocycles. The molecule has 37 heavy (non-hydrogen) atoms. The molecule has 1 saturated heterocycles. The Labute approximate surface area is 210 Å². The van der Waals surface area contributed by atoms with E-state index >= 15 is 0 Å². The summed E-state index contributed by atoms with van der Waals surface area (Å²) in [6.07, 6.45) is 1.22. The van der Waals surface area contributed by atoms with E-state index in [1.165, 1.54) is 29.3 Å². The Hall–Kier alpha value is -4.09. The van der Waals surface area contributed by atoms with Crippen molar-refractivity contribution in [3.63, 3.8) is 0 Å². The number of hydrogen-bond acceptors (Lipinski definition) is 5. The number of carbonyl (C=O) groups excluding carboxylic acids is 2. The number of aliphatic hydroxyl groups is 1. The molecule has 0 spiro atoms. The Kier molecular flexibility index (Phi) is 6.04. The molecule has 2 N–H and O–H groups in total. The molecule has 1 aliphatic heterocycles. The van der Waals surface area contributed by atoms with E-state index in [2.05, 4.69) is 5.32 Å². The van der Waals surface area contributed by atoms with Gasteiger partial charge in [0.25, 0.3) is 21.8 Å². The first-order valence-electron chi connectivity index (χ1n) is 11.3. The van der Waals surface area contributed by atoms with Gasteiger partial charge in [-0.25, -0.2) is 21.2 Å². The van der Waals surface area contributed by atoms with Crippen molar-refractivity contribution in [1.82, 2.24) is 9.29 Å². The lowest BCUT2D eigenvalue weighted by Crippen LogP contribution is -2.52. The number of amides is 2. The van der Waals surface area contributed by atoms with Gasteiger partial charge in [0, 0.05) is 42.8 Å². The molecule has 2 heterocycles. The average molecular weight is 526 g/mol. The summed E-state index contributed by atoms with van der Waals surface area (Å²) >= 11 is 0. The lowest BCUT2D eigenvalue weighted by atomic mass is 10.0. The number of anilines is 1. The van der Waals surface area contributed by atoms with Crippen molar-refractivity contribution in [3.05, 3.63) is 96.2 Å². The van der Waals surface area contributed by atoms with Crippen LogP contribution in [0.4, 0.5) is 14.5 Å². The second-order valence-corrected chi connectivity index (χ2v) is 10.5. The average Bonchev–Trinajstić information content (AvgIpc) is 3.44. The second kappa shape index (κ2) is 9.09. The van der Waals surface area contributed by atoms with Crippen LogP contribution in [-0.4, -0.2) is 41.5 Å². The highest BCUT2D eigenvalue weighted by Gasteiger charge is 2.51. The van der Waals surface area contributed by atoms with Crippen molar-refractivity contribution in [2.45, 2.75) is 23.5 Å². The summed E-state index contributed by atoms with van der Waals surface area (Å²) in [5, 5.41) is 13.8. The lowest BCUT2D eigenvalue weighted by molar-refractivity contribution is -0.149. The van der Waals surface area contributed by atoms with Gasteiger partial charge in [0.2, 0.25) is 5.60 Å². The fraction of sp³-hybridized carbons (Fsp3) is 0.154. The second-order valence-electron chi connectivity index (χ2n) is 8.70. The smallest absolute Gasteiger partial charge is 0.268 e. The molecule has 2 amide bonds. The Balaban J connectivity index is 1.36. The van der Waals surface area contributed by atoms with Crippen LogP contribution in [0, 0.1) is 11.6 Å². The van der Waals surface area contributed by atoms with Crippen molar-refractivity contribution in [2.75, 3.05) is 11.4 Å². The van der Waals surface area contributed by atoms with Gasteiger partial charge >= 0.3 is 0 Å². The number of hydrogen-bond donors (Lipinski definition) is 2. The van der Waals surface area contributed by atoms with Crippen molar-refractivity contribution < 1.29 is 31.9 Å². The third-order valence-corrected chi connectivity index (χ3v) is 8.00. The van der Waals surface area contributed by atoms with Crippen LogP contribution in [0.15, 0.2) is 83.9 Å². The number of benzene rings is 3. The van der Waals surface area contributed by atoms with Gasteiger partial charge in [-0.3, -0.25) is 9.59 Å². The van der Waals surface area contributed by atoms with Gasteiger partial charge in [0.15, 0.2) is 0 Å². The molecule has 190 valence electrons. The summed E-state index contributed by atoms with van der Waals surface area (Å²) in [5.41, 5.74) is -1.45. The largest absolute Gasteiger partial charge is 0.372 e. The van der Waals surface area contributed by atoms with Gasteiger partial charge in [0.05, 0.1) is 10.4 Å². The molecule has 4 aromatic rings. The third-order valence-electron chi connectivity index (χ3n) is 6.30. The normalized spacial score (nSPS) is 17.9. The first-order chi connectivity index (χ1) is 17.6. The highest BCUT2D eigenvalue weighted by Crippen LogP contribution is 2.32. The molecule has 1 aliphatic rings. The van der Waals surface area contributed by atoms with Gasteiger partial charge in [-0.15, -0.1) is 0 Å². The van der Waals surface area contributed by atoms with Crippen LogP contribution in [-0.2, 0) is 26.2 Å². The summed E-state index contributed by atoms with van der Waals surface area (Å²) in [6.45, 7) is -0.246. The Morgan fingerprint density at radius 3 is 2.41 bits per heavy atom. The minimum absolute atomic E-state index is 0.0336. The van der Waals surface area contributed by atoms with E-state index in [1.54, 1.807) is 36.4 Å². The monoisotopic (exact) mass is 525 g/mol. The minimum Gasteiger partial charge on any atom is -0.372 e. The molecule has 0 bridgehead atoms. The topological polar surface area (TPSA) is 109 Å². The summed E-state index contributed by atoms with van der Waals surface area (Å²) < 4.78 is 54.0. The molecule has 5 rings (SSSR count). The Morgan fingerprint density at radius 2 is 1.70 bits per heavy atom. The molecule has 1 fully saturated rings. The fourth-order valence-corrected chi connectivity index (χ4v) is 5.77. The molecule has 0 aliphatic carbocycles. The van der Waals surface area contributed by atoms with Crippen LogP contribution < -0.4 is 10.2 Å². The zero-order chi connectivity index (χ0) is 26.4. The number of aromatic nitrogens is 1. The van der Waals surface area contributed by atoms with E-state index in [4.69, 9.17) is 0 Å². The van der Waals surface area contributed by atoms with E-state index in [0.29, 0.717) is 22.7 Å². The predicted molar refractivity (Wildman–Crippen MR) is 131 cm³/mol. The third kappa shape index (κ3) is 4.36. The van der Waals surface area contributed by atoms with Crippen molar-refractivity contribution >= 4 is 38.4 Å². The number of fused-ring (bicyclic) bond motifs is 1. The standard InChI is InChI=1S/C26H21F2N3O5S/c27-19-12-17(13-20(28)15-19)16-29-24(32)26(34)9-11-30(25(26)33)21-6-7-23-18(14-21)8-10-31(23)37(35,36)22-4-2-1-3-5-22/h1-8,10,12-15,34H,9,11,16H2,(H,29,32)/t26-/m0/s1. The predicted octanol–water partition coefficient (Wildman–Crippen LogP) is 2.94. The number of nitrogens with one attached hydrogen (secondary N) is 1. The molecule has 11 heteroatoms. The van der Waals surface area contributed by atoms with E-state index in [9.17, 15) is 31.9 Å². The van der Waals surface area contributed by atoms with E-state index in [1.807, 2.05) is 0 Å². The van der Waals surface area contributed by atoms with E-state index in [-0.39, 0.29) is 30.0 Å². The zero-order valence-corrected chi connectivity index (χ0v) is 20.1.